The predicted molar refractivity (Wildman–Crippen MR) is 117 cm³/mol. The zero-order valence-corrected chi connectivity index (χ0v) is 18.2. The lowest BCUT2D eigenvalue weighted by Gasteiger charge is -2.34. The molecule has 1 aromatic heterocycles. The third-order valence-corrected chi connectivity index (χ3v) is 6.40. The van der Waals surface area contributed by atoms with Crippen molar-refractivity contribution in [3.8, 4) is 0 Å². The minimum Gasteiger partial charge on any atom is -0.342 e. The largest absolute Gasteiger partial charge is 0.342 e. The molecule has 1 aromatic carbocycles. The van der Waals surface area contributed by atoms with Crippen LogP contribution in [0.3, 0.4) is 0 Å². The first-order valence-electron chi connectivity index (χ1n) is 11.1. The molecule has 1 fully saturated rings. The van der Waals surface area contributed by atoms with Gasteiger partial charge in [-0.3, -0.25) is 14.6 Å². The van der Waals surface area contributed by atoms with E-state index in [4.69, 9.17) is 4.98 Å². The molecule has 2 aliphatic heterocycles. The molecule has 0 bridgehead atoms. The fourth-order valence-corrected chi connectivity index (χ4v) is 4.65. The van der Waals surface area contributed by atoms with Crippen molar-refractivity contribution in [2.24, 2.45) is 5.92 Å². The number of carbonyl (C=O) groups is 2. The van der Waals surface area contributed by atoms with Crippen molar-refractivity contribution in [1.29, 1.82) is 0 Å². The average Bonchev–Trinajstić information content (AvgIpc) is 2.77. The van der Waals surface area contributed by atoms with Crippen molar-refractivity contribution in [2.75, 3.05) is 19.6 Å². The standard InChI is InChI=1S/C25H31N3O2/c1-17(2)24(29)27-13-11-20(12-14-27)23-22(9-8-18(3)26-23)25(30)28-15-10-19-6-4-5-7-21(19)16-28/h4-9,17,20H,10-16H2,1-3H3. The van der Waals surface area contributed by atoms with Crippen LogP contribution in [-0.2, 0) is 17.8 Å². The highest BCUT2D eigenvalue weighted by atomic mass is 16.2. The van der Waals surface area contributed by atoms with Crippen LogP contribution >= 0.6 is 0 Å². The Bertz CT molecular complexity index is 945. The first kappa shape index (κ1) is 20.6. The van der Waals surface area contributed by atoms with Crippen LogP contribution in [0, 0.1) is 12.8 Å². The lowest BCUT2D eigenvalue weighted by Crippen LogP contribution is -2.41. The van der Waals surface area contributed by atoms with E-state index in [-0.39, 0.29) is 23.7 Å². The van der Waals surface area contributed by atoms with Gasteiger partial charge >= 0.3 is 0 Å². The van der Waals surface area contributed by atoms with Gasteiger partial charge in [0.05, 0.1) is 11.3 Å². The maximum absolute atomic E-state index is 13.5. The van der Waals surface area contributed by atoms with E-state index in [2.05, 4.69) is 18.2 Å². The third-order valence-electron chi connectivity index (χ3n) is 6.40. The number of hydrogen-bond donors (Lipinski definition) is 0. The Labute approximate surface area is 179 Å². The minimum atomic E-state index is 0.0257. The highest BCUT2D eigenvalue weighted by molar-refractivity contribution is 5.95. The van der Waals surface area contributed by atoms with Crippen LogP contribution in [0.4, 0.5) is 0 Å². The van der Waals surface area contributed by atoms with Gasteiger partial charge in [-0.15, -0.1) is 0 Å². The Balaban J connectivity index is 1.53. The summed E-state index contributed by atoms with van der Waals surface area (Å²) < 4.78 is 0. The van der Waals surface area contributed by atoms with E-state index in [1.807, 2.05) is 48.8 Å². The van der Waals surface area contributed by atoms with E-state index in [9.17, 15) is 9.59 Å². The Kier molecular flexibility index (Phi) is 5.89. The highest BCUT2D eigenvalue weighted by Gasteiger charge is 2.30. The fraction of sp³-hybridized carbons (Fsp3) is 0.480. The molecule has 2 amide bonds. The Hall–Kier alpha value is -2.69. The van der Waals surface area contributed by atoms with Gasteiger partial charge < -0.3 is 9.80 Å². The summed E-state index contributed by atoms with van der Waals surface area (Å²) in [6.07, 6.45) is 2.61. The molecular weight excluding hydrogens is 374 g/mol. The topological polar surface area (TPSA) is 53.5 Å². The molecule has 0 aliphatic carbocycles. The fourth-order valence-electron chi connectivity index (χ4n) is 4.65. The number of hydrogen-bond acceptors (Lipinski definition) is 3. The first-order chi connectivity index (χ1) is 14.4. The second-order valence-electron chi connectivity index (χ2n) is 8.89. The zero-order valence-electron chi connectivity index (χ0n) is 18.2. The second-order valence-corrected chi connectivity index (χ2v) is 8.89. The highest BCUT2D eigenvalue weighted by Crippen LogP contribution is 2.31. The number of likely N-dealkylation sites (tertiary alicyclic amines) is 1. The molecule has 158 valence electrons. The molecule has 0 spiro atoms. The van der Waals surface area contributed by atoms with E-state index in [0.717, 1.165) is 55.8 Å². The second kappa shape index (κ2) is 8.58. The summed E-state index contributed by atoms with van der Waals surface area (Å²) in [5, 5.41) is 0. The van der Waals surface area contributed by atoms with E-state index in [0.29, 0.717) is 6.54 Å². The van der Waals surface area contributed by atoms with E-state index < -0.39 is 0 Å². The number of amides is 2. The number of piperidine rings is 1. The summed E-state index contributed by atoms with van der Waals surface area (Å²) in [6, 6.07) is 12.3. The predicted octanol–water partition coefficient (Wildman–Crippen LogP) is 3.95. The minimum absolute atomic E-state index is 0.0257. The first-order valence-corrected chi connectivity index (χ1v) is 11.1. The molecule has 2 aliphatic rings. The van der Waals surface area contributed by atoms with Crippen molar-refractivity contribution in [1.82, 2.24) is 14.8 Å². The molecule has 0 radical (unpaired) electrons. The molecule has 5 nitrogen and oxygen atoms in total. The molecule has 3 heterocycles. The van der Waals surface area contributed by atoms with Crippen molar-refractivity contribution in [3.63, 3.8) is 0 Å². The van der Waals surface area contributed by atoms with Crippen LogP contribution in [0.5, 0.6) is 0 Å². The summed E-state index contributed by atoms with van der Waals surface area (Å²) in [7, 11) is 0. The number of rotatable bonds is 3. The summed E-state index contributed by atoms with van der Waals surface area (Å²) in [5.74, 6) is 0.538. The quantitative estimate of drug-likeness (QED) is 0.777. The number of nitrogens with zero attached hydrogens (tertiary/aromatic N) is 3. The number of carbonyl (C=O) groups excluding carboxylic acids is 2. The van der Waals surface area contributed by atoms with Crippen molar-refractivity contribution >= 4 is 11.8 Å². The zero-order chi connectivity index (χ0) is 21.3. The molecule has 0 atom stereocenters. The number of pyridine rings is 1. The summed E-state index contributed by atoms with van der Waals surface area (Å²) in [6.45, 7) is 8.75. The molecule has 0 unspecified atom stereocenters. The van der Waals surface area contributed by atoms with Gasteiger partial charge in [0.15, 0.2) is 0 Å². The van der Waals surface area contributed by atoms with Crippen LogP contribution in [0.2, 0.25) is 0 Å². The molecule has 5 heteroatoms. The number of benzene rings is 1. The molecule has 2 aromatic rings. The summed E-state index contributed by atoms with van der Waals surface area (Å²) >= 11 is 0. The summed E-state index contributed by atoms with van der Waals surface area (Å²) in [5.41, 5.74) is 5.15. The lowest BCUT2D eigenvalue weighted by molar-refractivity contribution is -0.135. The monoisotopic (exact) mass is 405 g/mol. The van der Waals surface area contributed by atoms with Crippen LogP contribution in [0.25, 0.3) is 0 Å². The summed E-state index contributed by atoms with van der Waals surface area (Å²) in [4.78, 5) is 34.5. The SMILES string of the molecule is Cc1ccc(C(=O)N2CCc3ccccc3C2)c(C2CCN(C(=O)C(C)C)CC2)n1. The number of aromatic nitrogens is 1. The van der Waals surface area contributed by atoms with Crippen LogP contribution in [0.1, 0.15) is 65.5 Å². The Morgan fingerprint density at radius 2 is 1.67 bits per heavy atom. The molecule has 1 saturated heterocycles. The lowest BCUT2D eigenvalue weighted by atomic mass is 9.89. The van der Waals surface area contributed by atoms with Gasteiger partial charge in [0.1, 0.15) is 0 Å². The number of aryl methyl sites for hydroxylation is 1. The van der Waals surface area contributed by atoms with Gasteiger partial charge in [0.2, 0.25) is 5.91 Å². The normalized spacial score (nSPS) is 17.2. The van der Waals surface area contributed by atoms with Gasteiger partial charge in [0.25, 0.3) is 5.91 Å². The van der Waals surface area contributed by atoms with E-state index in [1.54, 1.807) is 0 Å². The molecule has 0 saturated carbocycles. The van der Waals surface area contributed by atoms with Gasteiger partial charge in [0, 0.05) is 43.7 Å². The van der Waals surface area contributed by atoms with Crippen LogP contribution < -0.4 is 0 Å². The van der Waals surface area contributed by atoms with E-state index in [1.165, 1.54) is 11.1 Å². The van der Waals surface area contributed by atoms with Gasteiger partial charge in [-0.2, -0.15) is 0 Å². The third kappa shape index (κ3) is 4.11. The van der Waals surface area contributed by atoms with Crippen molar-refractivity contribution < 1.29 is 9.59 Å². The smallest absolute Gasteiger partial charge is 0.256 e. The maximum atomic E-state index is 13.5. The molecule has 0 N–H and O–H groups in total. The van der Waals surface area contributed by atoms with Crippen molar-refractivity contribution in [2.45, 2.75) is 52.5 Å². The van der Waals surface area contributed by atoms with E-state index >= 15 is 0 Å². The maximum Gasteiger partial charge on any atom is 0.256 e. The Morgan fingerprint density at radius 1 is 0.967 bits per heavy atom. The average molecular weight is 406 g/mol. The van der Waals surface area contributed by atoms with Gasteiger partial charge in [-0.25, -0.2) is 0 Å². The van der Waals surface area contributed by atoms with Gasteiger partial charge in [-0.05, 0) is 49.4 Å². The van der Waals surface area contributed by atoms with Gasteiger partial charge in [-0.1, -0.05) is 38.1 Å². The van der Waals surface area contributed by atoms with Crippen LogP contribution in [-0.4, -0.2) is 46.2 Å². The van der Waals surface area contributed by atoms with Crippen molar-refractivity contribution in [3.05, 3.63) is 64.5 Å². The number of fused-ring (bicyclic) bond motifs is 1. The molecular formula is C25H31N3O2. The van der Waals surface area contributed by atoms with Crippen LogP contribution in [0.15, 0.2) is 36.4 Å². The molecule has 30 heavy (non-hydrogen) atoms. The Morgan fingerprint density at radius 3 is 2.37 bits per heavy atom. The molecule has 4 rings (SSSR count).